The first-order chi connectivity index (χ1) is 8.90. The molecule has 0 spiro atoms. The van der Waals surface area contributed by atoms with Crippen LogP contribution in [0.1, 0.15) is 25.0 Å². The van der Waals surface area contributed by atoms with Crippen LogP contribution in [0.15, 0.2) is 12.1 Å². The Morgan fingerprint density at radius 1 is 1.53 bits per heavy atom. The quantitative estimate of drug-likeness (QED) is 0.784. The number of benzene rings is 1. The normalized spacial score (nSPS) is 19.0. The fourth-order valence-electron chi connectivity index (χ4n) is 2.05. The van der Waals surface area contributed by atoms with Crippen molar-refractivity contribution in [3.05, 3.63) is 22.7 Å². The summed E-state index contributed by atoms with van der Waals surface area (Å²) in [4.78, 5) is 13.3. The highest BCUT2D eigenvalue weighted by Crippen LogP contribution is 2.38. The maximum atomic E-state index is 11.4. The summed E-state index contributed by atoms with van der Waals surface area (Å²) in [6, 6.07) is 3.35. The molecule has 1 aromatic carbocycles. The van der Waals surface area contributed by atoms with Crippen molar-refractivity contribution >= 4 is 28.9 Å². The molecule has 0 aliphatic carbocycles. The number of anilines is 2. The molecule has 1 aliphatic heterocycles. The minimum atomic E-state index is -1.15. The van der Waals surface area contributed by atoms with Crippen molar-refractivity contribution in [2.45, 2.75) is 25.6 Å². The molecule has 0 radical (unpaired) electrons. The van der Waals surface area contributed by atoms with E-state index >= 15 is 0 Å². The topological polar surface area (TPSA) is 72.8 Å². The number of nitrogens with one attached hydrogen (secondary N) is 1. The van der Waals surface area contributed by atoms with Crippen LogP contribution in [-0.4, -0.2) is 35.8 Å². The van der Waals surface area contributed by atoms with Gasteiger partial charge in [-0.25, -0.2) is 0 Å². The number of carbonyl (C=O) groups is 1. The monoisotopic (exact) mass is 284 g/mol. The Morgan fingerprint density at radius 2 is 2.21 bits per heavy atom. The number of halogens is 1. The number of aliphatic hydroxyl groups is 2. The predicted octanol–water partition coefficient (Wildman–Crippen LogP) is 1.53. The van der Waals surface area contributed by atoms with E-state index in [9.17, 15) is 15.0 Å². The molecule has 0 saturated heterocycles. The SMILES string of the molecule is CC(O)CCN(C)c1cc2c(cc1Cl)C(O)C(=O)N2. The molecule has 2 rings (SSSR count). The van der Waals surface area contributed by atoms with E-state index in [4.69, 9.17) is 11.6 Å². The number of nitrogens with zero attached hydrogens (tertiary/aromatic N) is 1. The van der Waals surface area contributed by atoms with Crippen LogP contribution in [0, 0.1) is 0 Å². The van der Waals surface area contributed by atoms with E-state index in [0.29, 0.717) is 29.2 Å². The molecule has 1 aliphatic rings. The van der Waals surface area contributed by atoms with E-state index in [1.807, 2.05) is 11.9 Å². The van der Waals surface area contributed by atoms with Gasteiger partial charge in [-0.3, -0.25) is 4.79 Å². The molecule has 1 aromatic rings. The van der Waals surface area contributed by atoms with Gasteiger partial charge in [0.2, 0.25) is 0 Å². The molecule has 6 heteroatoms. The number of fused-ring (bicyclic) bond motifs is 1. The highest BCUT2D eigenvalue weighted by Gasteiger charge is 2.29. The number of rotatable bonds is 4. The van der Waals surface area contributed by atoms with Gasteiger partial charge in [0, 0.05) is 24.8 Å². The third-order valence-electron chi connectivity index (χ3n) is 3.21. The molecule has 5 nitrogen and oxygen atoms in total. The molecule has 2 unspecified atom stereocenters. The summed E-state index contributed by atoms with van der Waals surface area (Å²) < 4.78 is 0. The Balaban J connectivity index is 2.24. The first-order valence-corrected chi connectivity index (χ1v) is 6.49. The summed E-state index contributed by atoms with van der Waals surface area (Å²) in [6.07, 6.45) is -0.902. The largest absolute Gasteiger partial charge is 0.393 e. The standard InChI is InChI=1S/C13H17ClN2O3/c1-7(17)3-4-16(2)11-6-10-8(5-9(11)14)12(18)13(19)15-10/h5-7,12,17-18H,3-4H2,1-2H3,(H,15,19). The van der Waals surface area contributed by atoms with Gasteiger partial charge in [0.15, 0.2) is 6.10 Å². The minimum absolute atomic E-state index is 0.378. The summed E-state index contributed by atoms with van der Waals surface area (Å²) in [6.45, 7) is 2.38. The minimum Gasteiger partial charge on any atom is -0.393 e. The van der Waals surface area contributed by atoms with Crippen molar-refractivity contribution in [1.29, 1.82) is 0 Å². The van der Waals surface area contributed by atoms with Gasteiger partial charge in [0.25, 0.3) is 5.91 Å². The van der Waals surface area contributed by atoms with Crippen molar-refractivity contribution < 1.29 is 15.0 Å². The summed E-state index contributed by atoms with van der Waals surface area (Å²) in [7, 11) is 1.86. The smallest absolute Gasteiger partial charge is 0.257 e. The average Bonchev–Trinajstić information content (AvgIpc) is 2.61. The number of aliphatic hydroxyl groups excluding tert-OH is 2. The molecule has 0 saturated carbocycles. The van der Waals surface area contributed by atoms with Crippen LogP contribution in [0.5, 0.6) is 0 Å². The van der Waals surface area contributed by atoms with Crippen molar-refractivity contribution in [1.82, 2.24) is 0 Å². The second-order valence-electron chi connectivity index (χ2n) is 4.84. The Hall–Kier alpha value is -1.30. The highest BCUT2D eigenvalue weighted by atomic mass is 35.5. The Kier molecular flexibility index (Phi) is 3.99. The zero-order chi connectivity index (χ0) is 14.2. The van der Waals surface area contributed by atoms with Crippen LogP contribution in [0.25, 0.3) is 0 Å². The van der Waals surface area contributed by atoms with Crippen molar-refractivity contribution in [2.75, 3.05) is 23.8 Å². The second-order valence-corrected chi connectivity index (χ2v) is 5.25. The third-order valence-corrected chi connectivity index (χ3v) is 3.52. The van der Waals surface area contributed by atoms with Gasteiger partial charge in [-0.1, -0.05) is 11.6 Å². The van der Waals surface area contributed by atoms with E-state index in [2.05, 4.69) is 5.32 Å². The lowest BCUT2D eigenvalue weighted by molar-refractivity contribution is -0.123. The maximum Gasteiger partial charge on any atom is 0.257 e. The first kappa shape index (κ1) is 14.1. The molecule has 19 heavy (non-hydrogen) atoms. The lowest BCUT2D eigenvalue weighted by Crippen LogP contribution is -2.22. The van der Waals surface area contributed by atoms with Crippen LogP contribution in [-0.2, 0) is 4.79 Å². The Morgan fingerprint density at radius 3 is 2.84 bits per heavy atom. The molecule has 0 bridgehead atoms. The van der Waals surface area contributed by atoms with Crippen LogP contribution in [0.2, 0.25) is 5.02 Å². The van der Waals surface area contributed by atoms with Crippen LogP contribution in [0.3, 0.4) is 0 Å². The van der Waals surface area contributed by atoms with Crippen molar-refractivity contribution in [3.8, 4) is 0 Å². The van der Waals surface area contributed by atoms with E-state index in [1.165, 1.54) is 0 Å². The van der Waals surface area contributed by atoms with E-state index in [0.717, 1.165) is 5.69 Å². The number of hydrogen-bond acceptors (Lipinski definition) is 4. The van der Waals surface area contributed by atoms with Crippen LogP contribution < -0.4 is 10.2 Å². The number of hydrogen-bond donors (Lipinski definition) is 3. The fourth-order valence-corrected chi connectivity index (χ4v) is 2.36. The zero-order valence-corrected chi connectivity index (χ0v) is 11.6. The Labute approximate surface area is 116 Å². The van der Waals surface area contributed by atoms with E-state index < -0.39 is 12.0 Å². The summed E-state index contributed by atoms with van der Waals surface area (Å²) in [5, 5.41) is 22.0. The lowest BCUT2D eigenvalue weighted by atomic mass is 10.1. The van der Waals surface area contributed by atoms with Gasteiger partial charge in [0.05, 0.1) is 16.8 Å². The summed E-state index contributed by atoms with van der Waals surface area (Å²) in [5.74, 6) is -0.435. The van der Waals surface area contributed by atoms with Gasteiger partial charge in [0.1, 0.15) is 0 Å². The molecular formula is C13H17ClN2O3. The maximum absolute atomic E-state index is 11.4. The van der Waals surface area contributed by atoms with Gasteiger partial charge in [-0.05, 0) is 25.5 Å². The average molecular weight is 285 g/mol. The van der Waals surface area contributed by atoms with Crippen LogP contribution >= 0.6 is 11.6 Å². The van der Waals surface area contributed by atoms with Crippen molar-refractivity contribution in [2.24, 2.45) is 0 Å². The first-order valence-electron chi connectivity index (χ1n) is 6.11. The Bertz CT molecular complexity index is 505. The van der Waals surface area contributed by atoms with Crippen LogP contribution in [0.4, 0.5) is 11.4 Å². The van der Waals surface area contributed by atoms with E-state index in [-0.39, 0.29) is 6.10 Å². The molecule has 1 heterocycles. The molecule has 104 valence electrons. The highest BCUT2D eigenvalue weighted by molar-refractivity contribution is 6.33. The number of carbonyl (C=O) groups excluding carboxylic acids is 1. The predicted molar refractivity (Wildman–Crippen MR) is 74.6 cm³/mol. The van der Waals surface area contributed by atoms with E-state index in [1.54, 1.807) is 19.1 Å². The summed E-state index contributed by atoms with van der Waals surface area (Å²) >= 11 is 6.18. The fraction of sp³-hybridized carbons (Fsp3) is 0.462. The van der Waals surface area contributed by atoms with Crippen molar-refractivity contribution in [3.63, 3.8) is 0 Å². The van der Waals surface area contributed by atoms with Gasteiger partial charge >= 0.3 is 0 Å². The zero-order valence-electron chi connectivity index (χ0n) is 10.9. The lowest BCUT2D eigenvalue weighted by Gasteiger charge is -2.22. The third kappa shape index (κ3) is 2.83. The molecule has 2 atom stereocenters. The second kappa shape index (κ2) is 5.36. The molecular weight excluding hydrogens is 268 g/mol. The summed E-state index contributed by atoms with van der Waals surface area (Å²) in [5.41, 5.74) is 1.85. The molecule has 0 aromatic heterocycles. The molecule has 1 amide bonds. The van der Waals surface area contributed by atoms with Gasteiger partial charge in [-0.15, -0.1) is 0 Å². The van der Waals surface area contributed by atoms with Gasteiger partial charge < -0.3 is 20.4 Å². The number of amides is 1. The molecule has 0 fully saturated rings. The molecule has 3 N–H and O–H groups in total. The van der Waals surface area contributed by atoms with Gasteiger partial charge in [-0.2, -0.15) is 0 Å².